The Balaban J connectivity index is 1.56. The number of carbonyl (C=O) groups is 1. The summed E-state index contributed by atoms with van der Waals surface area (Å²) in [6.45, 7) is 4.76. The summed E-state index contributed by atoms with van der Waals surface area (Å²) in [5, 5.41) is 11.3. The van der Waals surface area contributed by atoms with E-state index < -0.39 is 0 Å². The molecule has 7 heteroatoms. The lowest BCUT2D eigenvalue weighted by molar-refractivity contribution is 0.0555. The standard InChI is InChI=1S/C17H23N5O2/c1-10(2)15-18-16(24-21-15)14-5-3-4-8-22(14)17(23)13-9-12(19-20-13)11-6-7-11/h9-11,14H,3-8H2,1-2H3,(H,19,20)/t14-/m1/s1. The lowest BCUT2D eigenvalue weighted by Gasteiger charge is -2.32. The highest BCUT2D eigenvalue weighted by Crippen LogP contribution is 2.39. The second-order valence-corrected chi connectivity index (χ2v) is 7.14. The highest BCUT2D eigenvalue weighted by atomic mass is 16.5. The fourth-order valence-corrected chi connectivity index (χ4v) is 3.25. The number of hydrogen-bond acceptors (Lipinski definition) is 5. The van der Waals surface area contributed by atoms with Gasteiger partial charge in [-0.2, -0.15) is 10.1 Å². The number of nitrogens with one attached hydrogen (secondary N) is 1. The molecule has 3 heterocycles. The molecule has 2 aromatic rings. The van der Waals surface area contributed by atoms with Crippen LogP contribution in [0.1, 0.15) is 91.7 Å². The molecule has 2 fully saturated rings. The Bertz CT molecular complexity index is 731. The van der Waals surface area contributed by atoms with Crippen molar-refractivity contribution in [3.05, 3.63) is 29.2 Å². The van der Waals surface area contributed by atoms with Gasteiger partial charge in [0, 0.05) is 24.1 Å². The van der Waals surface area contributed by atoms with E-state index in [1.165, 1.54) is 12.8 Å². The van der Waals surface area contributed by atoms with Gasteiger partial charge in [-0.3, -0.25) is 9.89 Å². The third-order valence-electron chi connectivity index (χ3n) is 4.86. The SMILES string of the molecule is CC(C)c1noc([C@H]2CCCCN2C(=O)c2cc(C3CC3)[nH]n2)n1. The lowest BCUT2D eigenvalue weighted by Crippen LogP contribution is -2.38. The zero-order valence-electron chi connectivity index (χ0n) is 14.2. The first-order chi connectivity index (χ1) is 11.6. The number of rotatable bonds is 4. The number of amides is 1. The van der Waals surface area contributed by atoms with Crippen LogP contribution >= 0.6 is 0 Å². The topological polar surface area (TPSA) is 87.9 Å². The van der Waals surface area contributed by atoms with Crippen LogP contribution in [0.15, 0.2) is 10.6 Å². The summed E-state index contributed by atoms with van der Waals surface area (Å²) in [4.78, 5) is 19.3. The van der Waals surface area contributed by atoms with Gasteiger partial charge in [-0.1, -0.05) is 19.0 Å². The molecular formula is C17H23N5O2. The van der Waals surface area contributed by atoms with Crippen LogP contribution < -0.4 is 0 Å². The highest BCUT2D eigenvalue weighted by molar-refractivity contribution is 5.92. The second kappa shape index (κ2) is 6.03. The van der Waals surface area contributed by atoms with Crippen LogP contribution in [0.25, 0.3) is 0 Å². The zero-order chi connectivity index (χ0) is 16.7. The number of aromatic nitrogens is 4. The van der Waals surface area contributed by atoms with Crippen molar-refractivity contribution in [1.29, 1.82) is 0 Å². The van der Waals surface area contributed by atoms with Crippen molar-refractivity contribution in [2.24, 2.45) is 0 Å². The van der Waals surface area contributed by atoms with Crippen molar-refractivity contribution in [2.45, 2.75) is 63.8 Å². The number of hydrogen-bond donors (Lipinski definition) is 1. The summed E-state index contributed by atoms with van der Waals surface area (Å²) >= 11 is 0. The van der Waals surface area contributed by atoms with E-state index in [-0.39, 0.29) is 17.9 Å². The molecule has 1 amide bonds. The molecule has 2 aromatic heterocycles. The van der Waals surface area contributed by atoms with Crippen LogP contribution in [-0.4, -0.2) is 37.7 Å². The summed E-state index contributed by atoms with van der Waals surface area (Å²) in [5.41, 5.74) is 1.57. The van der Waals surface area contributed by atoms with Gasteiger partial charge in [-0.15, -0.1) is 0 Å². The monoisotopic (exact) mass is 329 g/mol. The number of aromatic amines is 1. The normalized spacial score (nSPS) is 21.5. The minimum atomic E-state index is -0.146. The summed E-state index contributed by atoms with van der Waals surface area (Å²) in [7, 11) is 0. The first kappa shape index (κ1) is 15.4. The fraction of sp³-hybridized carbons (Fsp3) is 0.647. The van der Waals surface area contributed by atoms with E-state index in [1.807, 2.05) is 24.8 Å². The molecule has 7 nitrogen and oxygen atoms in total. The average Bonchev–Trinajstić information content (AvgIpc) is 3.13. The molecule has 1 aliphatic carbocycles. The van der Waals surface area contributed by atoms with E-state index in [2.05, 4.69) is 20.3 Å². The van der Waals surface area contributed by atoms with Crippen molar-refractivity contribution >= 4 is 5.91 Å². The van der Waals surface area contributed by atoms with Crippen LogP contribution in [0, 0.1) is 0 Å². The van der Waals surface area contributed by atoms with Crippen LogP contribution in [0.3, 0.4) is 0 Å². The quantitative estimate of drug-likeness (QED) is 0.931. The minimum Gasteiger partial charge on any atom is -0.337 e. The van der Waals surface area contributed by atoms with Crippen LogP contribution in [-0.2, 0) is 0 Å². The Morgan fingerprint density at radius 2 is 2.17 bits per heavy atom. The Hall–Kier alpha value is -2.18. The van der Waals surface area contributed by atoms with E-state index in [9.17, 15) is 4.79 Å². The van der Waals surface area contributed by atoms with Gasteiger partial charge in [-0.05, 0) is 38.2 Å². The predicted octanol–water partition coefficient (Wildman–Crippen LogP) is 3.16. The summed E-state index contributed by atoms with van der Waals surface area (Å²) in [5.74, 6) is 1.96. The Kier molecular flexibility index (Phi) is 3.86. The number of piperidine rings is 1. The molecule has 24 heavy (non-hydrogen) atoms. The second-order valence-electron chi connectivity index (χ2n) is 7.14. The number of likely N-dealkylation sites (tertiary alicyclic amines) is 1. The molecule has 0 aromatic carbocycles. The lowest BCUT2D eigenvalue weighted by atomic mass is 10.0. The molecule has 1 aliphatic heterocycles. The molecule has 4 rings (SSSR count). The molecule has 0 unspecified atom stereocenters. The van der Waals surface area contributed by atoms with Gasteiger partial charge in [0.25, 0.3) is 5.91 Å². The van der Waals surface area contributed by atoms with Crippen LogP contribution in [0.4, 0.5) is 0 Å². The molecule has 1 atom stereocenters. The molecule has 2 aliphatic rings. The van der Waals surface area contributed by atoms with Gasteiger partial charge >= 0.3 is 0 Å². The van der Waals surface area contributed by atoms with Crippen LogP contribution in [0.5, 0.6) is 0 Å². The predicted molar refractivity (Wildman–Crippen MR) is 86.6 cm³/mol. The third-order valence-corrected chi connectivity index (χ3v) is 4.86. The smallest absolute Gasteiger partial charge is 0.275 e. The van der Waals surface area contributed by atoms with Gasteiger partial charge in [0.1, 0.15) is 11.7 Å². The van der Waals surface area contributed by atoms with E-state index in [1.54, 1.807) is 0 Å². The van der Waals surface area contributed by atoms with Crippen molar-refractivity contribution in [3.63, 3.8) is 0 Å². The highest BCUT2D eigenvalue weighted by Gasteiger charge is 2.34. The maximum absolute atomic E-state index is 12.9. The Labute approximate surface area is 140 Å². The van der Waals surface area contributed by atoms with Gasteiger partial charge in [0.15, 0.2) is 5.82 Å². The molecule has 1 N–H and O–H groups in total. The third kappa shape index (κ3) is 2.83. The zero-order valence-corrected chi connectivity index (χ0v) is 14.2. The van der Waals surface area contributed by atoms with Crippen molar-refractivity contribution in [2.75, 3.05) is 6.54 Å². The molecule has 1 saturated heterocycles. The average molecular weight is 329 g/mol. The molecule has 0 spiro atoms. The molecule has 0 bridgehead atoms. The van der Waals surface area contributed by atoms with Gasteiger partial charge in [0.05, 0.1) is 0 Å². The molecule has 1 saturated carbocycles. The molecular weight excluding hydrogens is 306 g/mol. The van der Waals surface area contributed by atoms with Gasteiger partial charge < -0.3 is 9.42 Å². The van der Waals surface area contributed by atoms with Crippen LogP contribution in [0.2, 0.25) is 0 Å². The van der Waals surface area contributed by atoms with E-state index in [0.29, 0.717) is 29.9 Å². The van der Waals surface area contributed by atoms with Crippen molar-refractivity contribution in [3.8, 4) is 0 Å². The van der Waals surface area contributed by atoms with E-state index >= 15 is 0 Å². The Morgan fingerprint density at radius 1 is 1.33 bits per heavy atom. The largest absolute Gasteiger partial charge is 0.337 e. The summed E-state index contributed by atoms with van der Waals surface area (Å²) < 4.78 is 5.45. The fourth-order valence-electron chi connectivity index (χ4n) is 3.25. The van der Waals surface area contributed by atoms with Crippen molar-refractivity contribution < 1.29 is 9.32 Å². The van der Waals surface area contributed by atoms with Crippen molar-refractivity contribution in [1.82, 2.24) is 25.2 Å². The maximum atomic E-state index is 12.9. The first-order valence-corrected chi connectivity index (χ1v) is 8.83. The number of H-pyrrole nitrogens is 1. The molecule has 0 radical (unpaired) electrons. The first-order valence-electron chi connectivity index (χ1n) is 8.83. The minimum absolute atomic E-state index is 0.0489. The van der Waals surface area contributed by atoms with E-state index in [0.717, 1.165) is 25.0 Å². The summed E-state index contributed by atoms with van der Waals surface area (Å²) in [6, 6.07) is 1.76. The maximum Gasteiger partial charge on any atom is 0.275 e. The molecule has 128 valence electrons. The Morgan fingerprint density at radius 3 is 2.88 bits per heavy atom. The number of carbonyl (C=O) groups excluding carboxylic acids is 1. The van der Waals surface area contributed by atoms with E-state index in [4.69, 9.17) is 4.52 Å². The summed E-state index contributed by atoms with van der Waals surface area (Å²) in [6.07, 6.45) is 5.27. The van der Waals surface area contributed by atoms with Gasteiger partial charge in [-0.25, -0.2) is 0 Å². The van der Waals surface area contributed by atoms with Gasteiger partial charge in [0.2, 0.25) is 5.89 Å². The number of nitrogens with zero attached hydrogens (tertiary/aromatic N) is 4.